The first kappa shape index (κ1) is 20.7. The summed E-state index contributed by atoms with van der Waals surface area (Å²) in [5.41, 5.74) is 2.41. The Morgan fingerprint density at radius 3 is 1.79 bits per heavy atom. The minimum Gasteiger partial charge on any atom is -0.223 e. The minimum atomic E-state index is -3.21. The average Bonchev–Trinajstić information content (AvgIpc) is 2.75. The Kier molecular flexibility index (Phi) is 6.44. The molecule has 0 N–H and O–H groups in total. The molecule has 2 saturated carbocycles. The quantitative estimate of drug-likeness (QED) is 0.569. The predicted octanol–water partition coefficient (Wildman–Crippen LogP) is 6.44. The molecule has 2 aliphatic rings. The van der Waals surface area contributed by atoms with Crippen LogP contribution in [0.5, 0.6) is 0 Å². The SMILES string of the molecule is CC1CCC(C2CCC(S(=O)(=O)c3ccc(Cc4ccccc4)cc3)CC2)CC1. The van der Waals surface area contributed by atoms with E-state index in [1.807, 2.05) is 42.5 Å². The third kappa shape index (κ3) is 4.94. The summed E-state index contributed by atoms with van der Waals surface area (Å²) in [4.78, 5) is 0.504. The van der Waals surface area contributed by atoms with Crippen molar-refractivity contribution in [3.8, 4) is 0 Å². The van der Waals surface area contributed by atoms with E-state index in [0.29, 0.717) is 4.90 Å². The van der Waals surface area contributed by atoms with Crippen LogP contribution in [0.4, 0.5) is 0 Å². The zero-order valence-corrected chi connectivity index (χ0v) is 18.4. The number of hydrogen-bond acceptors (Lipinski definition) is 2. The first-order chi connectivity index (χ1) is 14.0. The van der Waals surface area contributed by atoms with Crippen LogP contribution in [0.25, 0.3) is 0 Å². The molecule has 3 heteroatoms. The lowest BCUT2D eigenvalue weighted by Crippen LogP contribution is -2.31. The Bertz CT molecular complexity index is 870. The molecule has 2 nitrogen and oxygen atoms in total. The molecule has 0 aromatic heterocycles. The van der Waals surface area contributed by atoms with Gasteiger partial charge in [-0.3, -0.25) is 0 Å². The molecule has 0 aliphatic heterocycles. The molecule has 0 heterocycles. The van der Waals surface area contributed by atoms with Gasteiger partial charge in [-0.25, -0.2) is 8.42 Å². The zero-order valence-electron chi connectivity index (χ0n) is 17.6. The summed E-state index contributed by atoms with van der Waals surface area (Å²) in [6, 6.07) is 17.9. The molecule has 156 valence electrons. The van der Waals surface area contributed by atoms with Crippen LogP contribution >= 0.6 is 0 Å². The Balaban J connectivity index is 1.36. The lowest BCUT2D eigenvalue weighted by atomic mass is 9.71. The minimum absolute atomic E-state index is 0.193. The van der Waals surface area contributed by atoms with Crippen LogP contribution in [-0.4, -0.2) is 13.7 Å². The highest BCUT2D eigenvalue weighted by Crippen LogP contribution is 2.41. The molecule has 2 aromatic carbocycles. The summed E-state index contributed by atoms with van der Waals surface area (Å²) in [7, 11) is -3.21. The smallest absolute Gasteiger partial charge is 0.181 e. The van der Waals surface area contributed by atoms with Gasteiger partial charge in [-0.05, 0) is 86.0 Å². The van der Waals surface area contributed by atoms with Gasteiger partial charge in [0.25, 0.3) is 0 Å². The van der Waals surface area contributed by atoms with E-state index in [2.05, 4.69) is 19.1 Å². The normalized spacial score (nSPS) is 28.2. The molecule has 2 aromatic rings. The number of sulfone groups is 1. The van der Waals surface area contributed by atoms with E-state index >= 15 is 0 Å². The van der Waals surface area contributed by atoms with Gasteiger partial charge in [0.1, 0.15) is 0 Å². The van der Waals surface area contributed by atoms with Gasteiger partial charge in [-0.15, -0.1) is 0 Å². The molecule has 0 unspecified atom stereocenters. The second kappa shape index (κ2) is 9.04. The maximum atomic E-state index is 13.2. The molecule has 0 radical (unpaired) electrons. The fraction of sp³-hybridized carbons (Fsp3) is 0.538. The van der Waals surface area contributed by atoms with Crippen molar-refractivity contribution in [2.45, 2.75) is 74.9 Å². The standard InChI is InChI=1S/C26H34O2S/c1-20-7-11-23(12-8-20)24-13-17-26(18-14-24)29(27,28)25-15-9-22(10-16-25)19-21-5-3-2-4-6-21/h2-6,9-10,15-16,20,23-24,26H,7-8,11-14,17-19H2,1H3. The van der Waals surface area contributed by atoms with Crippen molar-refractivity contribution in [3.05, 3.63) is 65.7 Å². The van der Waals surface area contributed by atoms with Gasteiger partial charge in [-0.2, -0.15) is 0 Å². The van der Waals surface area contributed by atoms with Crippen molar-refractivity contribution in [1.82, 2.24) is 0 Å². The molecule has 4 rings (SSSR count). The summed E-state index contributed by atoms with van der Waals surface area (Å²) in [5, 5.41) is -0.193. The summed E-state index contributed by atoms with van der Waals surface area (Å²) in [6.45, 7) is 2.37. The molecule has 0 amide bonds. The second-order valence-electron chi connectivity index (χ2n) is 9.41. The van der Waals surface area contributed by atoms with E-state index in [1.54, 1.807) is 0 Å². The summed E-state index contributed by atoms with van der Waals surface area (Å²) >= 11 is 0. The third-order valence-electron chi connectivity index (χ3n) is 7.39. The first-order valence-electron chi connectivity index (χ1n) is 11.4. The molecule has 29 heavy (non-hydrogen) atoms. The third-order valence-corrected chi connectivity index (χ3v) is 9.67. The van der Waals surface area contributed by atoms with Gasteiger partial charge in [-0.1, -0.05) is 62.2 Å². The van der Waals surface area contributed by atoms with Crippen molar-refractivity contribution < 1.29 is 8.42 Å². The maximum Gasteiger partial charge on any atom is 0.181 e. The summed E-state index contributed by atoms with van der Waals surface area (Å²) in [5.74, 6) is 2.47. The lowest BCUT2D eigenvalue weighted by Gasteiger charge is -2.37. The highest BCUT2D eigenvalue weighted by molar-refractivity contribution is 7.92. The van der Waals surface area contributed by atoms with E-state index in [9.17, 15) is 8.42 Å². The fourth-order valence-electron chi connectivity index (χ4n) is 5.45. The van der Waals surface area contributed by atoms with Gasteiger partial charge in [0.15, 0.2) is 9.84 Å². The Morgan fingerprint density at radius 1 is 0.690 bits per heavy atom. The molecule has 0 atom stereocenters. The average molecular weight is 411 g/mol. The number of benzene rings is 2. The van der Waals surface area contributed by atoms with Crippen molar-refractivity contribution in [2.75, 3.05) is 0 Å². The molecular formula is C26H34O2S. The van der Waals surface area contributed by atoms with E-state index < -0.39 is 9.84 Å². The van der Waals surface area contributed by atoms with Crippen LogP contribution in [0.15, 0.2) is 59.5 Å². The van der Waals surface area contributed by atoms with Crippen LogP contribution in [0.3, 0.4) is 0 Å². The summed E-state index contributed by atoms with van der Waals surface area (Å²) in [6.07, 6.45) is 10.1. The van der Waals surface area contributed by atoms with Crippen LogP contribution in [0.1, 0.15) is 69.4 Å². The fourth-order valence-corrected chi connectivity index (χ4v) is 7.24. The van der Waals surface area contributed by atoms with Gasteiger partial charge >= 0.3 is 0 Å². The Labute approximate surface area is 176 Å². The van der Waals surface area contributed by atoms with E-state index in [4.69, 9.17) is 0 Å². The van der Waals surface area contributed by atoms with Crippen molar-refractivity contribution in [3.63, 3.8) is 0 Å². The first-order valence-corrected chi connectivity index (χ1v) is 12.9. The van der Waals surface area contributed by atoms with Crippen molar-refractivity contribution in [1.29, 1.82) is 0 Å². The van der Waals surface area contributed by atoms with Crippen molar-refractivity contribution >= 4 is 9.84 Å². The van der Waals surface area contributed by atoms with Crippen LogP contribution < -0.4 is 0 Å². The van der Waals surface area contributed by atoms with E-state index in [0.717, 1.165) is 55.4 Å². The summed E-state index contributed by atoms with van der Waals surface area (Å²) < 4.78 is 26.4. The lowest BCUT2D eigenvalue weighted by molar-refractivity contribution is 0.173. The molecule has 0 saturated heterocycles. The molecule has 2 aliphatic carbocycles. The van der Waals surface area contributed by atoms with Crippen LogP contribution in [-0.2, 0) is 16.3 Å². The van der Waals surface area contributed by atoms with E-state index in [1.165, 1.54) is 31.2 Å². The van der Waals surface area contributed by atoms with Gasteiger partial charge in [0.2, 0.25) is 0 Å². The monoisotopic (exact) mass is 410 g/mol. The predicted molar refractivity (Wildman–Crippen MR) is 120 cm³/mol. The highest BCUT2D eigenvalue weighted by Gasteiger charge is 2.35. The maximum absolute atomic E-state index is 13.2. The molecule has 0 bridgehead atoms. The van der Waals surface area contributed by atoms with Crippen LogP contribution in [0.2, 0.25) is 0 Å². The number of hydrogen-bond donors (Lipinski definition) is 0. The topological polar surface area (TPSA) is 34.1 Å². The molecule has 0 spiro atoms. The van der Waals surface area contributed by atoms with E-state index in [-0.39, 0.29) is 5.25 Å². The van der Waals surface area contributed by atoms with Crippen LogP contribution in [0, 0.1) is 17.8 Å². The van der Waals surface area contributed by atoms with Gasteiger partial charge in [0, 0.05) is 0 Å². The van der Waals surface area contributed by atoms with Gasteiger partial charge < -0.3 is 0 Å². The van der Waals surface area contributed by atoms with Crippen molar-refractivity contribution in [2.24, 2.45) is 17.8 Å². The second-order valence-corrected chi connectivity index (χ2v) is 11.6. The Hall–Kier alpha value is -1.61. The van der Waals surface area contributed by atoms with Gasteiger partial charge in [0.05, 0.1) is 10.1 Å². The highest BCUT2D eigenvalue weighted by atomic mass is 32.2. The largest absolute Gasteiger partial charge is 0.223 e. The Morgan fingerprint density at radius 2 is 1.21 bits per heavy atom. The molecule has 2 fully saturated rings. The number of rotatable bonds is 5. The molecular weight excluding hydrogens is 376 g/mol. The zero-order chi connectivity index (χ0) is 20.3.